The lowest BCUT2D eigenvalue weighted by molar-refractivity contribution is 0.161. The minimum Gasteiger partial charge on any atom is -0.337 e. The Bertz CT molecular complexity index is 423. The highest BCUT2D eigenvalue weighted by Gasteiger charge is 2.27. The summed E-state index contributed by atoms with van der Waals surface area (Å²) in [4.78, 5) is 14.6. The molecule has 1 aliphatic heterocycles. The van der Waals surface area contributed by atoms with Crippen molar-refractivity contribution in [3.8, 4) is 0 Å². The van der Waals surface area contributed by atoms with Crippen molar-refractivity contribution in [2.24, 2.45) is 5.92 Å². The molecule has 0 bridgehead atoms. The third-order valence-electron chi connectivity index (χ3n) is 4.71. The van der Waals surface area contributed by atoms with Crippen LogP contribution in [0.25, 0.3) is 0 Å². The molecule has 2 amide bonds. The maximum atomic E-state index is 12.0. The first-order valence-electron chi connectivity index (χ1n) is 8.51. The van der Waals surface area contributed by atoms with Gasteiger partial charge < -0.3 is 10.6 Å². The highest BCUT2D eigenvalue weighted by atomic mass is 32.1. The summed E-state index contributed by atoms with van der Waals surface area (Å²) < 4.78 is 0. The Morgan fingerprint density at radius 2 is 2.00 bits per heavy atom. The zero-order valence-corrected chi connectivity index (χ0v) is 14.6. The van der Waals surface area contributed by atoms with E-state index in [9.17, 15) is 4.79 Å². The topological polar surface area (TPSA) is 44.4 Å². The number of carbonyl (C=O) groups excluding carboxylic acids is 1. The molecule has 1 unspecified atom stereocenters. The van der Waals surface area contributed by atoms with Crippen molar-refractivity contribution in [1.82, 2.24) is 15.5 Å². The second-order valence-corrected chi connectivity index (χ2v) is 6.86. The summed E-state index contributed by atoms with van der Waals surface area (Å²) in [7, 11) is 0. The minimum absolute atomic E-state index is 0.0543. The normalized spacial score (nSPS) is 16.9. The number of urea groups is 1. The Morgan fingerprint density at radius 3 is 2.59 bits per heavy atom. The van der Waals surface area contributed by atoms with Gasteiger partial charge in [-0.25, -0.2) is 4.79 Å². The lowest BCUT2D eigenvalue weighted by Crippen LogP contribution is -2.48. The summed E-state index contributed by atoms with van der Waals surface area (Å²) in [6.45, 7) is 8.23. The lowest BCUT2D eigenvalue weighted by Gasteiger charge is -2.33. The molecule has 0 radical (unpaired) electrons. The van der Waals surface area contributed by atoms with Gasteiger partial charge in [0.15, 0.2) is 0 Å². The van der Waals surface area contributed by atoms with Crippen LogP contribution in [0.3, 0.4) is 0 Å². The molecular formula is C17H29N3OS. The van der Waals surface area contributed by atoms with Gasteiger partial charge in [-0.3, -0.25) is 4.90 Å². The van der Waals surface area contributed by atoms with Crippen LogP contribution < -0.4 is 10.6 Å². The van der Waals surface area contributed by atoms with E-state index in [1.54, 1.807) is 11.3 Å². The smallest absolute Gasteiger partial charge is 0.315 e. The Labute approximate surface area is 138 Å². The van der Waals surface area contributed by atoms with Gasteiger partial charge in [0.05, 0.1) is 0 Å². The second kappa shape index (κ2) is 9.16. The van der Waals surface area contributed by atoms with E-state index in [0.29, 0.717) is 18.5 Å². The van der Waals surface area contributed by atoms with E-state index >= 15 is 0 Å². The average Bonchev–Trinajstić information content (AvgIpc) is 3.22. The van der Waals surface area contributed by atoms with E-state index in [1.165, 1.54) is 38.8 Å². The first-order chi connectivity index (χ1) is 10.7. The molecule has 1 aliphatic rings. The van der Waals surface area contributed by atoms with Gasteiger partial charge in [-0.15, -0.1) is 0 Å². The molecule has 1 saturated heterocycles. The molecular weight excluding hydrogens is 294 g/mol. The second-order valence-electron chi connectivity index (χ2n) is 6.08. The van der Waals surface area contributed by atoms with E-state index in [4.69, 9.17) is 0 Å². The predicted molar refractivity (Wildman–Crippen MR) is 93.2 cm³/mol. The van der Waals surface area contributed by atoms with Gasteiger partial charge in [0, 0.05) is 19.1 Å². The molecule has 1 fully saturated rings. The third-order valence-corrected chi connectivity index (χ3v) is 5.44. The molecule has 0 aromatic carbocycles. The van der Waals surface area contributed by atoms with E-state index in [2.05, 4.69) is 34.8 Å². The molecule has 1 aromatic heterocycles. The zero-order chi connectivity index (χ0) is 15.8. The quantitative estimate of drug-likeness (QED) is 0.769. The fourth-order valence-electron chi connectivity index (χ4n) is 3.34. The Hall–Kier alpha value is -1.07. The number of thiophene rings is 1. The van der Waals surface area contributed by atoms with Gasteiger partial charge >= 0.3 is 6.03 Å². The number of amides is 2. The molecule has 2 heterocycles. The molecule has 2 N–H and O–H groups in total. The van der Waals surface area contributed by atoms with Gasteiger partial charge in [-0.1, -0.05) is 26.7 Å². The molecule has 0 saturated carbocycles. The number of nitrogens with zero attached hydrogens (tertiary/aromatic N) is 1. The Morgan fingerprint density at radius 1 is 1.27 bits per heavy atom. The fraction of sp³-hybridized carbons (Fsp3) is 0.706. The number of hydrogen-bond acceptors (Lipinski definition) is 3. The number of rotatable bonds is 8. The summed E-state index contributed by atoms with van der Waals surface area (Å²) in [5.41, 5.74) is 1.16. The minimum atomic E-state index is -0.0543. The number of likely N-dealkylation sites (tertiary alicyclic amines) is 1. The summed E-state index contributed by atoms with van der Waals surface area (Å²) >= 11 is 1.66. The fourth-order valence-corrected chi connectivity index (χ4v) is 4.00. The maximum absolute atomic E-state index is 12.0. The average molecular weight is 324 g/mol. The van der Waals surface area contributed by atoms with Crippen molar-refractivity contribution in [3.05, 3.63) is 22.4 Å². The molecule has 2 rings (SSSR count). The maximum Gasteiger partial charge on any atom is 0.315 e. The highest BCUT2D eigenvalue weighted by molar-refractivity contribution is 7.07. The Balaban J connectivity index is 1.80. The number of nitrogens with one attached hydrogen (secondary N) is 2. The molecule has 0 spiro atoms. The van der Waals surface area contributed by atoms with E-state index in [0.717, 1.165) is 12.1 Å². The Kier molecular flexibility index (Phi) is 7.19. The molecule has 4 nitrogen and oxygen atoms in total. The van der Waals surface area contributed by atoms with Gasteiger partial charge in [-0.05, 0) is 54.2 Å². The van der Waals surface area contributed by atoms with Crippen LogP contribution in [0.4, 0.5) is 4.79 Å². The molecule has 0 aliphatic carbocycles. The molecule has 5 heteroatoms. The van der Waals surface area contributed by atoms with Gasteiger partial charge in [0.25, 0.3) is 0 Å². The van der Waals surface area contributed by atoms with Crippen molar-refractivity contribution in [1.29, 1.82) is 0 Å². The van der Waals surface area contributed by atoms with Crippen LogP contribution in [-0.2, 0) is 6.54 Å². The summed E-state index contributed by atoms with van der Waals surface area (Å²) in [5.74, 6) is 0.662. The van der Waals surface area contributed by atoms with Crippen molar-refractivity contribution < 1.29 is 4.79 Å². The first-order valence-corrected chi connectivity index (χ1v) is 9.45. The lowest BCUT2D eigenvalue weighted by atomic mass is 9.93. The van der Waals surface area contributed by atoms with Crippen LogP contribution in [0.1, 0.15) is 45.1 Å². The van der Waals surface area contributed by atoms with Crippen LogP contribution in [0.2, 0.25) is 0 Å². The molecule has 1 aromatic rings. The third kappa shape index (κ3) is 4.99. The zero-order valence-electron chi connectivity index (χ0n) is 13.8. The standard InChI is InChI=1S/C17H29N3OS/c1-3-15(4-2)16(20-8-5-6-9-20)12-19-17(21)18-11-14-7-10-22-13-14/h7,10,13,15-16H,3-6,8-9,11-12H2,1-2H3,(H2,18,19,21). The summed E-state index contributed by atoms with van der Waals surface area (Å²) in [5, 5.41) is 10.1. The molecule has 1 atom stereocenters. The number of hydrogen-bond donors (Lipinski definition) is 2. The predicted octanol–water partition coefficient (Wildman–Crippen LogP) is 3.45. The van der Waals surface area contributed by atoms with Crippen molar-refractivity contribution in [3.63, 3.8) is 0 Å². The van der Waals surface area contributed by atoms with Crippen LogP contribution in [-0.4, -0.2) is 36.6 Å². The van der Waals surface area contributed by atoms with Gasteiger partial charge in [0.1, 0.15) is 0 Å². The largest absolute Gasteiger partial charge is 0.337 e. The van der Waals surface area contributed by atoms with Crippen LogP contribution >= 0.6 is 11.3 Å². The van der Waals surface area contributed by atoms with Crippen LogP contribution in [0.5, 0.6) is 0 Å². The molecule has 124 valence electrons. The highest BCUT2D eigenvalue weighted by Crippen LogP contribution is 2.22. The monoisotopic (exact) mass is 323 g/mol. The first kappa shape index (κ1) is 17.3. The van der Waals surface area contributed by atoms with Gasteiger partial charge in [0.2, 0.25) is 0 Å². The number of carbonyl (C=O) groups is 1. The molecule has 22 heavy (non-hydrogen) atoms. The van der Waals surface area contributed by atoms with Crippen molar-refractivity contribution >= 4 is 17.4 Å². The van der Waals surface area contributed by atoms with E-state index < -0.39 is 0 Å². The van der Waals surface area contributed by atoms with E-state index in [-0.39, 0.29) is 6.03 Å². The van der Waals surface area contributed by atoms with Crippen molar-refractivity contribution in [2.45, 2.75) is 52.1 Å². The van der Waals surface area contributed by atoms with Crippen LogP contribution in [0, 0.1) is 5.92 Å². The van der Waals surface area contributed by atoms with Crippen molar-refractivity contribution in [2.75, 3.05) is 19.6 Å². The van der Waals surface area contributed by atoms with Gasteiger partial charge in [-0.2, -0.15) is 11.3 Å². The van der Waals surface area contributed by atoms with Crippen LogP contribution in [0.15, 0.2) is 16.8 Å². The summed E-state index contributed by atoms with van der Waals surface area (Å²) in [6.07, 6.45) is 4.94. The van der Waals surface area contributed by atoms with E-state index in [1.807, 2.05) is 11.4 Å². The summed E-state index contributed by atoms with van der Waals surface area (Å²) in [6, 6.07) is 2.47. The SMILES string of the molecule is CCC(CC)C(CNC(=O)NCc1ccsc1)N1CCCC1.